The number of hydrogen-bond donors (Lipinski definition) is 0. The van der Waals surface area contributed by atoms with E-state index in [4.69, 9.17) is 0 Å². The van der Waals surface area contributed by atoms with Gasteiger partial charge in [0.25, 0.3) is 0 Å². The fourth-order valence-corrected chi connectivity index (χ4v) is 2.73. The standard InChI is InChI=1S/C12H12BrFO/c1-12(2)10(15)6-3-7-8(13)4-5-9(14)11(7)12/h4-5H,3,6H2,1-2H3. The van der Waals surface area contributed by atoms with E-state index in [1.807, 2.05) is 0 Å². The van der Waals surface area contributed by atoms with Crippen LogP contribution in [0.2, 0.25) is 0 Å². The Balaban J connectivity index is 2.73. The highest BCUT2D eigenvalue weighted by atomic mass is 79.9. The van der Waals surface area contributed by atoms with Crippen LogP contribution in [0, 0.1) is 5.82 Å². The van der Waals surface area contributed by atoms with Crippen LogP contribution in [-0.2, 0) is 16.6 Å². The van der Waals surface area contributed by atoms with Gasteiger partial charge in [-0.3, -0.25) is 4.79 Å². The van der Waals surface area contributed by atoms with E-state index in [9.17, 15) is 9.18 Å². The second kappa shape index (κ2) is 3.41. The van der Waals surface area contributed by atoms with Crippen LogP contribution < -0.4 is 0 Å². The van der Waals surface area contributed by atoms with Gasteiger partial charge in [-0.2, -0.15) is 0 Å². The Morgan fingerprint density at radius 2 is 2.00 bits per heavy atom. The monoisotopic (exact) mass is 270 g/mol. The third-order valence-electron chi connectivity index (χ3n) is 3.13. The lowest BCUT2D eigenvalue weighted by molar-refractivity contribution is -0.124. The van der Waals surface area contributed by atoms with Gasteiger partial charge < -0.3 is 0 Å². The number of ketones is 1. The first kappa shape index (κ1) is 10.8. The number of carbonyl (C=O) groups is 1. The molecule has 80 valence electrons. The molecule has 0 saturated carbocycles. The van der Waals surface area contributed by atoms with Crippen molar-refractivity contribution in [3.63, 3.8) is 0 Å². The van der Waals surface area contributed by atoms with Crippen molar-refractivity contribution in [3.05, 3.63) is 33.5 Å². The third-order valence-corrected chi connectivity index (χ3v) is 3.87. The summed E-state index contributed by atoms with van der Waals surface area (Å²) in [7, 11) is 0. The minimum Gasteiger partial charge on any atom is -0.299 e. The molecule has 0 N–H and O–H groups in total. The summed E-state index contributed by atoms with van der Waals surface area (Å²) in [6.45, 7) is 3.59. The molecule has 0 fully saturated rings. The van der Waals surface area contributed by atoms with Crippen LogP contribution in [0.15, 0.2) is 16.6 Å². The topological polar surface area (TPSA) is 17.1 Å². The highest BCUT2D eigenvalue weighted by molar-refractivity contribution is 9.10. The predicted octanol–water partition coefficient (Wildman–Crippen LogP) is 3.38. The second-order valence-corrected chi connectivity index (χ2v) is 5.29. The van der Waals surface area contributed by atoms with Gasteiger partial charge >= 0.3 is 0 Å². The maximum absolute atomic E-state index is 13.7. The summed E-state index contributed by atoms with van der Waals surface area (Å²) in [5, 5.41) is 0. The van der Waals surface area contributed by atoms with Gasteiger partial charge in [-0.1, -0.05) is 15.9 Å². The maximum Gasteiger partial charge on any atom is 0.143 e. The van der Waals surface area contributed by atoms with Gasteiger partial charge in [0.1, 0.15) is 11.6 Å². The Labute approximate surface area is 96.8 Å². The van der Waals surface area contributed by atoms with E-state index in [-0.39, 0.29) is 11.6 Å². The molecule has 1 nitrogen and oxygen atoms in total. The number of benzene rings is 1. The molecule has 1 aromatic carbocycles. The van der Waals surface area contributed by atoms with Crippen LogP contribution in [0.25, 0.3) is 0 Å². The summed E-state index contributed by atoms with van der Waals surface area (Å²) < 4.78 is 14.6. The number of Topliss-reactive ketones (excluding diaryl/α,β-unsaturated/α-hetero) is 1. The predicted molar refractivity (Wildman–Crippen MR) is 60.5 cm³/mol. The fraction of sp³-hybridized carbons (Fsp3) is 0.417. The second-order valence-electron chi connectivity index (χ2n) is 4.43. The van der Waals surface area contributed by atoms with Crippen LogP contribution in [0.3, 0.4) is 0 Å². The molecule has 1 aliphatic carbocycles. The van der Waals surface area contributed by atoms with Crippen LogP contribution >= 0.6 is 15.9 Å². The van der Waals surface area contributed by atoms with Crippen molar-refractivity contribution >= 4 is 21.7 Å². The van der Waals surface area contributed by atoms with E-state index in [2.05, 4.69) is 15.9 Å². The SMILES string of the molecule is CC1(C)C(=O)CCc2c(Br)ccc(F)c21. The summed E-state index contributed by atoms with van der Waals surface area (Å²) in [5.41, 5.74) is 0.814. The molecule has 0 amide bonds. The molecule has 0 radical (unpaired) electrons. The van der Waals surface area contributed by atoms with E-state index < -0.39 is 5.41 Å². The summed E-state index contributed by atoms with van der Waals surface area (Å²) >= 11 is 3.41. The molecule has 2 rings (SSSR count). The first-order chi connectivity index (χ1) is 6.94. The zero-order chi connectivity index (χ0) is 11.2. The third kappa shape index (κ3) is 1.53. The van der Waals surface area contributed by atoms with Gasteiger partial charge in [0.2, 0.25) is 0 Å². The van der Waals surface area contributed by atoms with E-state index in [0.717, 1.165) is 10.0 Å². The summed E-state index contributed by atoms with van der Waals surface area (Å²) in [5.74, 6) is -0.154. The Morgan fingerprint density at radius 1 is 1.33 bits per heavy atom. The first-order valence-corrected chi connectivity index (χ1v) is 5.74. The average molecular weight is 271 g/mol. The minimum absolute atomic E-state index is 0.118. The normalized spacial score (nSPS) is 18.8. The van der Waals surface area contributed by atoms with Gasteiger partial charge in [0, 0.05) is 16.5 Å². The number of hydrogen-bond acceptors (Lipinski definition) is 1. The van der Waals surface area contributed by atoms with Crippen molar-refractivity contribution in [1.29, 1.82) is 0 Å². The average Bonchev–Trinajstić information content (AvgIpc) is 2.16. The van der Waals surface area contributed by atoms with Gasteiger partial charge in [0.05, 0.1) is 5.41 Å². The lowest BCUT2D eigenvalue weighted by Gasteiger charge is -2.31. The molecular formula is C12H12BrFO. The smallest absolute Gasteiger partial charge is 0.143 e. The molecule has 15 heavy (non-hydrogen) atoms. The van der Waals surface area contributed by atoms with E-state index in [1.165, 1.54) is 6.07 Å². The molecular weight excluding hydrogens is 259 g/mol. The van der Waals surface area contributed by atoms with Crippen LogP contribution in [0.1, 0.15) is 31.4 Å². The Hall–Kier alpha value is -0.700. The number of halogens is 2. The van der Waals surface area contributed by atoms with Crippen molar-refractivity contribution in [2.24, 2.45) is 0 Å². The van der Waals surface area contributed by atoms with Gasteiger partial charge in [0.15, 0.2) is 0 Å². The van der Waals surface area contributed by atoms with Gasteiger partial charge in [-0.25, -0.2) is 4.39 Å². The van der Waals surface area contributed by atoms with Crippen molar-refractivity contribution < 1.29 is 9.18 Å². The molecule has 0 aliphatic heterocycles. The molecule has 0 aromatic heterocycles. The first-order valence-electron chi connectivity index (χ1n) is 4.95. The Morgan fingerprint density at radius 3 is 2.67 bits per heavy atom. The molecule has 1 aromatic rings. The zero-order valence-electron chi connectivity index (χ0n) is 8.73. The van der Waals surface area contributed by atoms with Crippen LogP contribution in [0.4, 0.5) is 4.39 Å². The molecule has 0 unspecified atom stereocenters. The van der Waals surface area contributed by atoms with E-state index in [0.29, 0.717) is 18.4 Å². The summed E-state index contributed by atoms with van der Waals surface area (Å²) in [6, 6.07) is 3.13. The minimum atomic E-state index is -0.693. The summed E-state index contributed by atoms with van der Waals surface area (Å²) in [6.07, 6.45) is 1.14. The number of carbonyl (C=O) groups excluding carboxylic acids is 1. The fourth-order valence-electron chi connectivity index (χ4n) is 2.20. The molecule has 0 atom stereocenters. The van der Waals surface area contributed by atoms with E-state index >= 15 is 0 Å². The van der Waals surface area contributed by atoms with Gasteiger partial charge in [-0.15, -0.1) is 0 Å². The molecule has 3 heteroatoms. The molecule has 0 bridgehead atoms. The lowest BCUT2D eigenvalue weighted by atomic mass is 9.71. The highest BCUT2D eigenvalue weighted by Crippen LogP contribution is 2.39. The quantitative estimate of drug-likeness (QED) is 0.707. The largest absolute Gasteiger partial charge is 0.299 e. The number of fused-ring (bicyclic) bond motifs is 1. The van der Waals surface area contributed by atoms with Crippen LogP contribution in [0.5, 0.6) is 0 Å². The zero-order valence-corrected chi connectivity index (χ0v) is 10.3. The molecule has 0 spiro atoms. The van der Waals surface area contributed by atoms with E-state index in [1.54, 1.807) is 19.9 Å². The van der Waals surface area contributed by atoms with Crippen molar-refractivity contribution in [1.82, 2.24) is 0 Å². The lowest BCUT2D eigenvalue weighted by Crippen LogP contribution is -2.35. The molecule has 0 heterocycles. The number of rotatable bonds is 0. The van der Waals surface area contributed by atoms with Crippen molar-refractivity contribution in [2.75, 3.05) is 0 Å². The molecule has 1 aliphatic rings. The Bertz CT molecular complexity index is 437. The summed E-state index contributed by atoms with van der Waals surface area (Å²) in [4.78, 5) is 11.8. The van der Waals surface area contributed by atoms with Crippen molar-refractivity contribution in [2.45, 2.75) is 32.1 Å². The highest BCUT2D eigenvalue weighted by Gasteiger charge is 2.38. The van der Waals surface area contributed by atoms with Crippen LogP contribution in [-0.4, -0.2) is 5.78 Å². The Kier molecular flexibility index (Phi) is 2.45. The molecule has 0 saturated heterocycles. The van der Waals surface area contributed by atoms with Crippen molar-refractivity contribution in [3.8, 4) is 0 Å². The maximum atomic E-state index is 13.7. The van der Waals surface area contributed by atoms with Gasteiger partial charge in [-0.05, 0) is 38.0 Å².